The van der Waals surface area contributed by atoms with E-state index >= 15 is 0 Å². The summed E-state index contributed by atoms with van der Waals surface area (Å²) in [5.74, 6) is 1.02. The molecular weight excluding hydrogens is 336 g/mol. The zero-order chi connectivity index (χ0) is 15.7. The van der Waals surface area contributed by atoms with Crippen molar-refractivity contribution in [2.75, 3.05) is 26.8 Å². The van der Waals surface area contributed by atoms with Gasteiger partial charge in [0.25, 0.3) is 5.91 Å². The van der Waals surface area contributed by atoms with Gasteiger partial charge in [-0.15, -0.1) is 0 Å². The molecule has 0 spiro atoms. The second-order valence-corrected chi connectivity index (χ2v) is 5.33. The molecule has 0 bridgehead atoms. The van der Waals surface area contributed by atoms with Gasteiger partial charge in [-0.25, -0.2) is 0 Å². The van der Waals surface area contributed by atoms with Crippen LogP contribution in [-0.2, 0) is 11.3 Å². The highest BCUT2D eigenvalue weighted by Gasteiger charge is 2.13. The summed E-state index contributed by atoms with van der Waals surface area (Å²) >= 11 is 3.48. The van der Waals surface area contributed by atoms with Crippen LogP contribution in [0.5, 0.6) is 11.5 Å². The maximum absolute atomic E-state index is 11.3. The maximum atomic E-state index is 11.3. The standard InChI is InChI=1S/C15H23BrN2O3/c1-4-6-18-9-11-7-12(16)15(13(8-11)20-5-2)21-10-14(19)17-3/h7-8,18H,4-6,9-10H2,1-3H3,(H,17,19). The van der Waals surface area contributed by atoms with Crippen molar-refractivity contribution in [3.63, 3.8) is 0 Å². The number of hydrogen-bond donors (Lipinski definition) is 2. The molecule has 5 nitrogen and oxygen atoms in total. The van der Waals surface area contributed by atoms with Crippen molar-refractivity contribution in [2.24, 2.45) is 0 Å². The first-order valence-corrected chi connectivity index (χ1v) is 7.90. The third-order valence-corrected chi connectivity index (χ3v) is 3.34. The van der Waals surface area contributed by atoms with Crippen LogP contribution >= 0.6 is 15.9 Å². The minimum absolute atomic E-state index is 0.0391. The van der Waals surface area contributed by atoms with E-state index in [0.29, 0.717) is 18.1 Å². The van der Waals surface area contributed by atoms with Gasteiger partial charge < -0.3 is 20.1 Å². The van der Waals surface area contributed by atoms with Crippen LogP contribution in [0.15, 0.2) is 16.6 Å². The first-order valence-electron chi connectivity index (χ1n) is 7.11. The van der Waals surface area contributed by atoms with Gasteiger partial charge in [0.05, 0.1) is 11.1 Å². The number of amides is 1. The monoisotopic (exact) mass is 358 g/mol. The lowest BCUT2D eigenvalue weighted by Gasteiger charge is -2.15. The quantitative estimate of drug-likeness (QED) is 0.665. The zero-order valence-electron chi connectivity index (χ0n) is 12.8. The summed E-state index contributed by atoms with van der Waals surface area (Å²) in [6.45, 7) is 6.28. The second kappa shape index (κ2) is 9.63. The molecule has 0 aliphatic rings. The van der Waals surface area contributed by atoms with E-state index in [1.807, 2.05) is 19.1 Å². The second-order valence-electron chi connectivity index (χ2n) is 4.48. The molecule has 6 heteroatoms. The van der Waals surface area contributed by atoms with Gasteiger partial charge in [0, 0.05) is 13.6 Å². The van der Waals surface area contributed by atoms with E-state index < -0.39 is 0 Å². The van der Waals surface area contributed by atoms with Crippen molar-refractivity contribution < 1.29 is 14.3 Å². The van der Waals surface area contributed by atoms with Crippen molar-refractivity contribution in [1.82, 2.24) is 10.6 Å². The van der Waals surface area contributed by atoms with E-state index in [0.717, 1.165) is 29.5 Å². The van der Waals surface area contributed by atoms with Crippen molar-refractivity contribution in [1.29, 1.82) is 0 Å². The summed E-state index contributed by atoms with van der Waals surface area (Å²) in [6, 6.07) is 3.92. The SMILES string of the molecule is CCCNCc1cc(Br)c(OCC(=O)NC)c(OCC)c1. The minimum Gasteiger partial charge on any atom is -0.490 e. The van der Waals surface area contributed by atoms with Crippen LogP contribution in [0.3, 0.4) is 0 Å². The highest BCUT2D eigenvalue weighted by molar-refractivity contribution is 9.10. The first-order chi connectivity index (χ1) is 10.1. The van der Waals surface area contributed by atoms with E-state index in [9.17, 15) is 4.79 Å². The van der Waals surface area contributed by atoms with Gasteiger partial charge in [0.2, 0.25) is 0 Å². The molecule has 2 N–H and O–H groups in total. The predicted octanol–water partition coefficient (Wildman–Crippen LogP) is 2.47. The number of carbonyl (C=O) groups is 1. The average Bonchev–Trinajstić information content (AvgIpc) is 2.46. The largest absolute Gasteiger partial charge is 0.490 e. The number of ether oxygens (including phenoxy) is 2. The molecule has 0 aliphatic carbocycles. The summed E-state index contributed by atoms with van der Waals surface area (Å²) in [7, 11) is 1.58. The number of hydrogen-bond acceptors (Lipinski definition) is 4. The van der Waals surface area contributed by atoms with E-state index in [2.05, 4.69) is 33.5 Å². The average molecular weight is 359 g/mol. The molecule has 0 heterocycles. The smallest absolute Gasteiger partial charge is 0.257 e. The van der Waals surface area contributed by atoms with Gasteiger partial charge in [-0.1, -0.05) is 6.92 Å². The number of nitrogens with one attached hydrogen (secondary N) is 2. The summed E-state index contributed by atoms with van der Waals surface area (Å²) in [4.78, 5) is 11.3. The molecule has 0 atom stereocenters. The van der Waals surface area contributed by atoms with Crippen LogP contribution in [0.2, 0.25) is 0 Å². The normalized spacial score (nSPS) is 10.3. The van der Waals surface area contributed by atoms with Crippen LogP contribution in [0.4, 0.5) is 0 Å². The van der Waals surface area contributed by atoms with Gasteiger partial charge in [-0.05, 0) is 53.5 Å². The fourth-order valence-corrected chi connectivity index (χ4v) is 2.35. The Hall–Kier alpha value is -1.27. The molecule has 21 heavy (non-hydrogen) atoms. The Kier molecular flexibility index (Phi) is 8.15. The molecule has 0 saturated heterocycles. The molecule has 0 saturated carbocycles. The van der Waals surface area contributed by atoms with Gasteiger partial charge in [0.1, 0.15) is 0 Å². The molecule has 0 aliphatic heterocycles. The molecule has 1 aromatic rings. The third-order valence-electron chi connectivity index (χ3n) is 2.75. The number of carbonyl (C=O) groups excluding carboxylic acids is 1. The van der Waals surface area contributed by atoms with Crippen molar-refractivity contribution >= 4 is 21.8 Å². The van der Waals surface area contributed by atoms with E-state index in [4.69, 9.17) is 9.47 Å². The van der Waals surface area contributed by atoms with E-state index in [-0.39, 0.29) is 12.5 Å². The van der Waals surface area contributed by atoms with Gasteiger partial charge in [0.15, 0.2) is 18.1 Å². The summed E-state index contributed by atoms with van der Waals surface area (Å²) in [6.07, 6.45) is 1.09. The molecule has 0 aromatic heterocycles. The number of halogens is 1. The molecule has 118 valence electrons. The molecule has 1 aromatic carbocycles. The van der Waals surface area contributed by atoms with Crippen molar-refractivity contribution in [3.8, 4) is 11.5 Å². The van der Waals surface area contributed by atoms with Gasteiger partial charge >= 0.3 is 0 Å². The van der Waals surface area contributed by atoms with E-state index in [1.54, 1.807) is 7.05 Å². The maximum Gasteiger partial charge on any atom is 0.257 e. The van der Waals surface area contributed by atoms with Crippen LogP contribution in [0.25, 0.3) is 0 Å². The lowest BCUT2D eigenvalue weighted by molar-refractivity contribution is -0.122. The topological polar surface area (TPSA) is 59.6 Å². The van der Waals surface area contributed by atoms with E-state index in [1.165, 1.54) is 0 Å². The highest BCUT2D eigenvalue weighted by Crippen LogP contribution is 2.36. The Bertz CT molecular complexity index is 466. The zero-order valence-corrected chi connectivity index (χ0v) is 14.4. The Balaban J connectivity index is 2.87. The Morgan fingerprint density at radius 2 is 2.05 bits per heavy atom. The van der Waals surface area contributed by atoms with Crippen molar-refractivity contribution in [3.05, 3.63) is 22.2 Å². The number of benzene rings is 1. The summed E-state index contributed by atoms with van der Waals surface area (Å²) in [5, 5.41) is 5.87. The molecular formula is C15H23BrN2O3. The predicted molar refractivity (Wildman–Crippen MR) is 86.9 cm³/mol. The minimum atomic E-state index is -0.182. The number of likely N-dealkylation sites (N-methyl/N-ethyl adjacent to an activating group) is 1. The highest BCUT2D eigenvalue weighted by atomic mass is 79.9. The van der Waals surface area contributed by atoms with Crippen LogP contribution in [0, 0.1) is 0 Å². The fourth-order valence-electron chi connectivity index (χ4n) is 1.75. The summed E-state index contributed by atoms with van der Waals surface area (Å²) in [5.41, 5.74) is 1.10. The molecule has 0 unspecified atom stereocenters. The third kappa shape index (κ3) is 5.93. The Morgan fingerprint density at radius 3 is 2.67 bits per heavy atom. The molecule has 0 fully saturated rings. The molecule has 1 rings (SSSR count). The van der Waals surface area contributed by atoms with Crippen LogP contribution in [0.1, 0.15) is 25.8 Å². The molecule has 1 amide bonds. The Labute approximate surface area is 134 Å². The number of rotatable bonds is 9. The van der Waals surface area contributed by atoms with Gasteiger partial charge in [-0.2, -0.15) is 0 Å². The lowest BCUT2D eigenvalue weighted by Crippen LogP contribution is -2.25. The summed E-state index contributed by atoms with van der Waals surface area (Å²) < 4.78 is 11.9. The lowest BCUT2D eigenvalue weighted by atomic mass is 10.2. The van der Waals surface area contributed by atoms with Crippen molar-refractivity contribution in [2.45, 2.75) is 26.8 Å². The van der Waals surface area contributed by atoms with Gasteiger partial charge in [-0.3, -0.25) is 4.79 Å². The van der Waals surface area contributed by atoms with Crippen LogP contribution in [-0.4, -0.2) is 32.7 Å². The molecule has 0 radical (unpaired) electrons. The van der Waals surface area contributed by atoms with Crippen LogP contribution < -0.4 is 20.1 Å². The first kappa shape index (κ1) is 17.8. The Morgan fingerprint density at radius 1 is 1.29 bits per heavy atom. The fraction of sp³-hybridized carbons (Fsp3) is 0.533.